The van der Waals surface area contributed by atoms with Crippen molar-refractivity contribution in [1.29, 1.82) is 0 Å². The summed E-state index contributed by atoms with van der Waals surface area (Å²) in [6.45, 7) is 5.91. The number of hydrogen-bond donors (Lipinski definition) is 1. The summed E-state index contributed by atoms with van der Waals surface area (Å²) >= 11 is 0. The van der Waals surface area contributed by atoms with Crippen LogP contribution in [0.3, 0.4) is 0 Å². The molecule has 0 aromatic heterocycles. The highest BCUT2D eigenvalue weighted by Crippen LogP contribution is 2.43. The normalized spacial score (nSPS) is 23.6. The number of imide groups is 1. The summed E-state index contributed by atoms with van der Waals surface area (Å²) in [6, 6.07) is -0.193. The van der Waals surface area contributed by atoms with E-state index in [1.165, 1.54) is 32.1 Å². The Kier molecular flexibility index (Phi) is 3.93. The fourth-order valence-corrected chi connectivity index (χ4v) is 3.57. The first-order valence-electron chi connectivity index (χ1n) is 7.10. The number of carbonyl (C=O) groups excluding carboxylic acids is 2. The van der Waals surface area contributed by atoms with Gasteiger partial charge in [-0.15, -0.1) is 0 Å². The second kappa shape index (κ2) is 5.29. The first-order chi connectivity index (χ1) is 8.51. The Morgan fingerprint density at radius 2 is 1.94 bits per heavy atom. The van der Waals surface area contributed by atoms with Crippen molar-refractivity contribution in [2.24, 2.45) is 11.3 Å². The van der Waals surface area contributed by atoms with E-state index in [4.69, 9.17) is 0 Å². The number of nitrogens with zero attached hydrogens (tertiary/aromatic N) is 1. The van der Waals surface area contributed by atoms with Crippen molar-refractivity contribution in [2.45, 2.75) is 52.4 Å². The van der Waals surface area contributed by atoms with E-state index in [9.17, 15) is 9.59 Å². The second-order valence-electron chi connectivity index (χ2n) is 6.33. The first kappa shape index (κ1) is 13.4. The molecular formula is C14H24N2O2. The van der Waals surface area contributed by atoms with Crippen molar-refractivity contribution < 1.29 is 9.59 Å². The number of nitrogens with one attached hydrogen (secondary N) is 1. The van der Waals surface area contributed by atoms with Gasteiger partial charge in [-0.2, -0.15) is 0 Å². The highest BCUT2D eigenvalue weighted by atomic mass is 16.2. The average Bonchev–Trinajstić information content (AvgIpc) is 2.70. The van der Waals surface area contributed by atoms with Gasteiger partial charge in [0.05, 0.1) is 0 Å². The van der Waals surface area contributed by atoms with E-state index in [1.54, 1.807) is 0 Å². The average molecular weight is 252 g/mol. The maximum Gasteiger partial charge on any atom is 0.324 e. The zero-order valence-electron chi connectivity index (χ0n) is 11.5. The second-order valence-corrected chi connectivity index (χ2v) is 6.33. The third kappa shape index (κ3) is 3.03. The van der Waals surface area contributed by atoms with Gasteiger partial charge in [0.25, 0.3) is 0 Å². The molecule has 2 aliphatic rings. The summed E-state index contributed by atoms with van der Waals surface area (Å²) in [7, 11) is 0. The molecule has 1 heterocycles. The molecule has 1 aliphatic carbocycles. The van der Waals surface area contributed by atoms with Crippen LogP contribution in [0, 0.1) is 11.3 Å². The predicted octanol–water partition coefficient (Wildman–Crippen LogP) is 2.53. The summed E-state index contributed by atoms with van der Waals surface area (Å²) in [5.74, 6) is 0.526. The van der Waals surface area contributed by atoms with E-state index in [-0.39, 0.29) is 11.9 Å². The minimum atomic E-state index is -0.193. The lowest BCUT2D eigenvalue weighted by molar-refractivity contribution is -0.121. The van der Waals surface area contributed by atoms with Gasteiger partial charge in [0.2, 0.25) is 5.91 Å². The van der Waals surface area contributed by atoms with Crippen LogP contribution in [0.4, 0.5) is 4.79 Å². The molecular weight excluding hydrogens is 228 g/mol. The lowest BCUT2D eigenvalue weighted by Crippen LogP contribution is -2.52. The molecule has 2 rings (SSSR count). The summed E-state index contributed by atoms with van der Waals surface area (Å²) in [4.78, 5) is 24.8. The molecule has 0 radical (unpaired) electrons. The van der Waals surface area contributed by atoms with Gasteiger partial charge in [0.15, 0.2) is 0 Å². The largest absolute Gasteiger partial charge is 0.324 e. The summed E-state index contributed by atoms with van der Waals surface area (Å²) in [5.41, 5.74) is 0.298. The smallest absolute Gasteiger partial charge is 0.323 e. The molecule has 0 aromatic rings. The maximum atomic E-state index is 11.8. The minimum absolute atomic E-state index is 0.138. The van der Waals surface area contributed by atoms with E-state index in [1.807, 2.05) is 4.90 Å². The Labute approximate surface area is 109 Å². The molecule has 1 saturated heterocycles. The lowest BCUT2D eigenvalue weighted by atomic mass is 9.78. The predicted molar refractivity (Wildman–Crippen MR) is 70.1 cm³/mol. The molecule has 1 aliphatic heterocycles. The number of rotatable bonds is 4. The van der Waals surface area contributed by atoms with Crippen LogP contribution < -0.4 is 5.32 Å². The van der Waals surface area contributed by atoms with Gasteiger partial charge in [0.1, 0.15) is 0 Å². The Hall–Kier alpha value is -1.06. The number of urea groups is 1. The van der Waals surface area contributed by atoms with Crippen LogP contribution in [0.5, 0.6) is 0 Å². The van der Waals surface area contributed by atoms with Crippen molar-refractivity contribution in [2.75, 3.05) is 13.1 Å². The van der Waals surface area contributed by atoms with Crippen molar-refractivity contribution >= 4 is 11.9 Å². The number of amides is 3. The van der Waals surface area contributed by atoms with Crippen molar-refractivity contribution in [3.63, 3.8) is 0 Å². The molecule has 4 nitrogen and oxygen atoms in total. The van der Waals surface area contributed by atoms with Crippen LogP contribution >= 0.6 is 0 Å². The van der Waals surface area contributed by atoms with Gasteiger partial charge in [-0.05, 0) is 30.6 Å². The standard InChI is InChI=1S/C14H24N2O2/c1-11(2)9-14(6-3-4-7-14)10-16-8-5-12(17)15-13(16)18/h11H,3-10H2,1-2H3,(H,15,17,18). The third-order valence-corrected chi connectivity index (χ3v) is 4.17. The molecule has 0 unspecified atom stereocenters. The molecule has 0 spiro atoms. The maximum absolute atomic E-state index is 11.8. The highest BCUT2D eigenvalue weighted by molar-refractivity contribution is 5.96. The first-order valence-corrected chi connectivity index (χ1v) is 7.10. The summed E-state index contributed by atoms with van der Waals surface area (Å²) in [6.07, 6.45) is 6.64. The third-order valence-electron chi connectivity index (χ3n) is 4.17. The molecule has 0 atom stereocenters. The molecule has 3 amide bonds. The van der Waals surface area contributed by atoms with Crippen molar-refractivity contribution in [1.82, 2.24) is 10.2 Å². The molecule has 2 fully saturated rings. The Morgan fingerprint density at radius 1 is 1.28 bits per heavy atom. The van der Waals surface area contributed by atoms with Crippen LogP contribution in [-0.2, 0) is 4.79 Å². The molecule has 0 bridgehead atoms. The SMILES string of the molecule is CC(C)CC1(CN2CCC(=O)NC2=O)CCCC1. The van der Waals surface area contributed by atoms with Crippen molar-refractivity contribution in [3.05, 3.63) is 0 Å². The Morgan fingerprint density at radius 3 is 2.50 bits per heavy atom. The minimum Gasteiger partial charge on any atom is -0.323 e. The van der Waals surface area contributed by atoms with Gasteiger partial charge in [-0.1, -0.05) is 26.7 Å². The number of carbonyl (C=O) groups is 2. The van der Waals surface area contributed by atoms with Gasteiger partial charge < -0.3 is 4.90 Å². The van der Waals surface area contributed by atoms with E-state index >= 15 is 0 Å². The molecule has 102 valence electrons. The summed E-state index contributed by atoms with van der Waals surface area (Å²) < 4.78 is 0. The van der Waals surface area contributed by atoms with Gasteiger partial charge in [0, 0.05) is 19.5 Å². The zero-order valence-corrected chi connectivity index (χ0v) is 11.5. The quantitative estimate of drug-likeness (QED) is 0.836. The van der Waals surface area contributed by atoms with E-state index in [2.05, 4.69) is 19.2 Å². The molecule has 4 heteroatoms. The Balaban J connectivity index is 2.00. The van der Waals surface area contributed by atoms with Crippen LogP contribution in [0.2, 0.25) is 0 Å². The van der Waals surface area contributed by atoms with Gasteiger partial charge in [-0.3, -0.25) is 10.1 Å². The molecule has 0 aromatic carbocycles. The van der Waals surface area contributed by atoms with E-state index in [0.29, 0.717) is 24.3 Å². The fourth-order valence-electron chi connectivity index (χ4n) is 3.57. The van der Waals surface area contributed by atoms with Crippen LogP contribution in [0.1, 0.15) is 52.4 Å². The van der Waals surface area contributed by atoms with Gasteiger partial charge >= 0.3 is 6.03 Å². The van der Waals surface area contributed by atoms with E-state index in [0.717, 1.165) is 6.54 Å². The Bertz CT molecular complexity index is 333. The highest BCUT2D eigenvalue weighted by Gasteiger charge is 2.38. The fraction of sp³-hybridized carbons (Fsp3) is 0.857. The molecule has 1 N–H and O–H groups in total. The van der Waals surface area contributed by atoms with E-state index < -0.39 is 0 Å². The summed E-state index contributed by atoms with van der Waals surface area (Å²) in [5, 5.41) is 2.42. The van der Waals surface area contributed by atoms with Crippen molar-refractivity contribution in [3.8, 4) is 0 Å². The number of hydrogen-bond acceptors (Lipinski definition) is 2. The topological polar surface area (TPSA) is 49.4 Å². The molecule has 1 saturated carbocycles. The van der Waals surface area contributed by atoms with Crippen LogP contribution in [-0.4, -0.2) is 29.9 Å². The zero-order chi connectivity index (χ0) is 13.2. The lowest BCUT2D eigenvalue weighted by Gasteiger charge is -2.38. The van der Waals surface area contributed by atoms with Gasteiger partial charge in [-0.25, -0.2) is 4.79 Å². The van der Waals surface area contributed by atoms with Crippen LogP contribution in [0.15, 0.2) is 0 Å². The monoisotopic (exact) mass is 252 g/mol. The molecule has 18 heavy (non-hydrogen) atoms. The van der Waals surface area contributed by atoms with Crippen LogP contribution in [0.25, 0.3) is 0 Å².